The molecule has 3 rings (SSSR count). The molecular formula is C24H26N2O3. The minimum atomic E-state index is -0.177. The molecule has 1 aromatic heterocycles. The highest BCUT2D eigenvalue weighted by atomic mass is 16.5. The largest absolute Gasteiger partial charge is 0.494 e. The summed E-state index contributed by atoms with van der Waals surface area (Å²) >= 11 is 0. The van der Waals surface area contributed by atoms with E-state index in [2.05, 4.69) is 24.1 Å². The van der Waals surface area contributed by atoms with E-state index in [9.17, 15) is 4.79 Å². The Kier molecular flexibility index (Phi) is 6.50. The number of rotatable bonds is 7. The number of carbonyl (C=O) groups excluding carboxylic acids is 1. The van der Waals surface area contributed by atoms with Crippen LogP contribution in [0, 0.1) is 6.92 Å². The molecule has 5 nitrogen and oxygen atoms in total. The first-order chi connectivity index (χ1) is 14.0. The first-order valence-electron chi connectivity index (χ1n) is 9.76. The van der Waals surface area contributed by atoms with Gasteiger partial charge in [0.2, 0.25) is 0 Å². The van der Waals surface area contributed by atoms with Gasteiger partial charge < -0.3 is 14.8 Å². The van der Waals surface area contributed by atoms with Crippen molar-refractivity contribution in [2.75, 3.05) is 11.9 Å². The molecular weight excluding hydrogens is 364 g/mol. The summed E-state index contributed by atoms with van der Waals surface area (Å²) in [6.07, 6.45) is 0. The maximum absolute atomic E-state index is 12.6. The highest BCUT2D eigenvalue weighted by molar-refractivity contribution is 6.05. The topological polar surface area (TPSA) is 60.5 Å². The average molecular weight is 390 g/mol. The van der Waals surface area contributed by atoms with Crippen molar-refractivity contribution >= 4 is 11.6 Å². The molecule has 0 bridgehead atoms. The monoisotopic (exact) mass is 390 g/mol. The average Bonchev–Trinajstić information content (AvgIpc) is 2.70. The van der Waals surface area contributed by atoms with Gasteiger partial charge in [-0.1, -0.05) is 19.9 Å². The second kappa shape index (κ2) is 9.24. The number of hydrogen-bond acceptors (Lipinski definition) is 4. The minimum absolute atomic E-state index is 0.177. The van der Waals surface area contributed by atoms with Crippen LogP contribution < -0.4 is 14.8 Å². The van der Waals surface area contributed by atoms with Gasteiger partial charge in [0.25, 0.3) is 5.91 Å². The van der Waals surface area contributed by atoms with Crippen LogP contribution in [-0.2, 0) is 0 Å². The fourth-order valence-electron chi connectivity index (χ4n) is 2.88. The normalized spacial score (nSPS) is 10.7. The summed E-state index contributed by atoms with van der Waals surface area (Å²) < 4.78 is 11.3. The summed E-state index contributed by atoms with van der Waals surface area (Å²) in [6, 6.07) is 18.5. The number of aromatic nitrogens is 1. The van der Waals surface area contributed by atoms with Crippen LogP contribution in [-0.4, -0.2) is 17.5 Å². The summed E-state index contributed by atoms with van der Waals surface area (Å²) in [5.41, 5.74) is 2.97. The second-order valence-corrected chi connectivity index (χ2v) is 7.01. The van der Waals surface area contributed by atoms with Crippen molar-refractivity contribution in [2.45, 2.75) is 33.6 Å². The molecule has 5 heteroatoms. The van der Waals surface area contributed by atoms with E-state index in [0.29, 0.717) is 35.3 Å². The number of anilines is 1. The van der Waals surface area contributed by atoms with Gasteiger partial charge in [0.15, 0.2) is 0 Å². The molecule has 0 spiro atoms. The number of hydrogen-bond donors (Lipinski definition) is 1. The molecule has 0 aliphatic heterocycles. The van der Waals surface area contributed by atoms with E-state index in [-0.39, 0.29) is 5.91 Å². The van der Waals surface area contributed by atoms with Gasteiger partial charge >= 0.3 is 0 Å². The van der Waals surface area contributed by atoms with Crippen LogP contribution in [0.3, 0.4) is 0 Å². The fraction of sp³-hybridized carbons (Fsp3) is 0.250. The fourth-order valence-corrected chi connectivity index (χ4v) is 2.88. The third kappa shape index (κ3) is 5.35. The molecule has 0 saturated heterocycles. The smallest absolute Gasteiger partial charge is 0.257 e. The molecule has 150 valence electrons. The van der Waals surface area contributed by atoms with Gasteiger partial charge in [0.05, 0.1) is 17.9 Å². The van der Waals surface area contributed by atoms with Crippen LogP contribution in [0.2, 0.25) is 0 Å². The highest BCUT2D eigenvalue weighted by Gasteiger charge is 2.12. The number of nitrogens with zero attached hydrogens (tertiary/aromatic N) is 1. The van der Waals surface area contributed by atoms with Gasteiger partial charge in [-0.25, -0.2) is 0 Å². The van der Waals surface area contributed by atoms with Gasteiger partial charge in [-0.15, -0.1) is 0 Å². The Morgan fingerprint density at radius 3 is 2.38 bits per heavy atom. The molecule has 0 aliphatic carbocycles. The number of carbonyl (C=O) groups is 1. The third-order valence-corrected chi connectivity index (χ3v) is 4.41. The van der Waals surface area contributed by atoms with Crippen LogP contribution >= 0.6 is 0 Å². The molecule has 1 heterocycles. The Balaban J connectivity index is 1.66. The molecule has 2 aromatic carbocycles. The molecule has 1 amide bonds. The number of aryl methyl sites for hydroxylation is 1. The van der Waals surface area contributed by atoms with E-state index in [4.69, 9.17) is 9.47 Å². The molecule has 0 aliphatic rings. The van der Waals surface area contributed by atoms with Crippen molar-refractivity contribution in [3.05, 3.63) is 77.6 Å². The Morgan fingerprint density at radius 1 is 1.00 bits per heavy atom. The number of nitrogens with one attached hydrogen (secondary N) is 1. The standard InChI is InChI=1S/C24H26N2O3/c1-5-28-20-7-6-8-21(15-20)29-19-11-9-18(10-12-19)26-24(27)22-13-14-23(16(2)3)25-17(22)4/h6-16H,5H2,1-4H3,(H,26,27). The van der Waals surface area contributed by atoms with E-state index in [1.807, 2.05) is 74.5 Å². The van der Waals surface area contributed by atoms with Gasteiger partial charge in [-0.3, -0.25) is 9.78 Å². The van der Waals surface area contributed by atoms with Crippen molar-refractivity contribution in [3.8, 4) is 17.2 Å². The zero-order valence-corrected chi connectivity index (χ0v) is 17.2. The number of benzene rings is 2. The van der Waals surface area contributed by atoms with Crippen LogP contribution in [0.5, 0.6) is 17.2 Å². The SMILES string of the molecule is CCOc1cccc(Oc2ccc(NC(=O)c3ccc(C(C)C)nc3C)cc2)c1. The predicted octanol–water partition coefficient (Wildman–Crippen LogP) is 5.96. The molecule has 0 radical (unpaired) electrons. The van der Waals surface area contributed by atoms with Crippen molar-refractivity contribution < 1.29 is 14.3 Å². The Bertz CT molecular complexity index is 982. The second-order valence-electron chi connectivity index (χ2n) is 7.01. The number of pyridine rings is 1. The van der Waals surface area contributed by atoms with Crippen LogP contribution in [0.4, 0.5) is 5.69 Å². The summed E-state index contributed by atoms with van der Waals surface area (Å²) in [7, 11) is 0. The van der Waals surface area contributed by atoms with Gasteiger partial charge in [-0.2, -0.15) is 0 Å². The molecule has 0 fully saturated rings. The van der Waals surface area contributed by atoms with E-state index < -0.39 is 0 Å². The molecule has 29 heavy (non-hydrogen) atoms. The maximum Gasteiger partial charge on any atom is 0.257 e. The zero-order chi connectivity index (χ0) is 20.8. The molecule has 0 saturated carbocycles. The van der Waals surface area contributed by atoms with Gasteiger partial charge in [-0.05, 0) is 68.3 Å². The lowest BCUT2D eigenvalue weighted by Crippen LogP contribution is -2.14. The maximum atomic E-state index is 12.6. The molecule has 3 aromatic rings. The Morgan fingerprint density at radius 2 is 1.72 bits per heavy atom. The molecule has 1 N–H and O–H groups in total. The van der Waals surface area contributed by atoms with E-state index in [1.54, 1.807) is 0 Å². The van der Waals surface area contributed by atoms with Crippen LogP contribution in [0.1, 0.15) is 48.4 Å². The lowest BCUT2D eigenvalue weighted by Gasteiger charge is -2.11. The quantitative estimate of drug-likeness (QED) is 0.541. The van der Waals surface area contributed by atoms with Gasteiger partial charge in [0, 0.05) is 17.4 Å². The summed E-state index contributed by atoms with van der Waals surface area (Å²) in [6.45, 7) is 8.56. The van der Waals surface area contributed by atoms with Crippen molar-refractivity contribution in [1.82, 2.24) is 4.98 Å². The van der Waals surface area contributed by atoms with Crippen molar-refractivity contribution in [3.63, 3.8) is 0 Å². The molecule has 0 atom stereocenters. The third-order valence-electron chi connectivity index (χ3n) is 4.41. The lowest BCUT2D eigenvalue weighted by molar-refractivity contribution is 0.102. The molecule has 0 unspecified atom stereocenters. The Labute approximate surface area is 171 Å². The van der Waals surface area contributed by atoms with Crippen LogP contribution in [0.15, 0.2) is 60.7 Å². The highest BCUT2D eigenvalue weighted by Crippen LogP contribution is 2.26. The number of ether oxygens (including phenoxy) is 2. The predicted molar refractivity (Wildman–Crippen MR) is 115 cm³/mol. The summed E-state index contributed by atoms with van der Waals surface area (Å²) in [4.78, 5) is 17.1. The first kappa shape index (κ1) is 20.4. The first-order valence-corrected chi connectivity index (χ1v) is 9.76. The Hall–Kier alpha value is -3.34. The van der Waals surface area contributed by atoms with Gasteiger partial charge in [0.1, 0.15) is 17.2 Å². The van der Waals surface area contributed by atoms with Crippen LogP contribution in [0.25, 0.3) is 0 Å². The summed E-state index contributed by atoms with van der Waals surface area (Å²) in [5, 5.41) is 2.91. The lowest BCUT2D eigenvalue weighted by atomic mass is 10.1. The minimum Gasteiger partial charge on any atom is -0.494 e. The zero-order valence-electron chi connectivity index (χ0n) is 17.2. The number of amides is 1. The van der Waals surface area contributed by atoms with E-state index in [1.165, 1.54) is 0 Å². The summed E-state index contributed by atoms with van der Waals surface area (Å²) in [5.74, 6) is 2.28. The van der Waals surface area contributed by atoms with Crippen molar-refractivity contribution in [2.24, 2.45) is 0 Å². The van der Waals surface area contributed by atoms with E-state index in [0.717, 1.165) is 17.1 Å². The van der Waals surface area contributed by atoms with E-state index >= 15 is 0 Å². The van der Waals surface area contributed by atoms with Crippen molar-refractivity contribution in [1.29, 1.82) is 0 Å².